The number of hydrogen-bond acceptors (Lipinski definition) is 3. The van der Waals surface area contributed by atoms with Crippen molar-refractivity contribution in [2.75, 3.05) is 29.9 Å². The van der Waals surface area contributed by atoms with Crippen molar-refractivity contribution in [3.05, 3.63) is 24.3 Å². The maximum Gasteiger partial charge on any atom is 0.315 e. The second-order valence-electron chi connectivity index (χ2n) is 7.60. The lowest BCUT2D eigenvalue weighted by molar-refractivity contribution is -0.116. The van der Waals surface area contributed by atoms with Crippen LogP contribution >= 0.6 is 0 Å². The van der Waals surface area contributed by atoms with Gasteiger partial charge in [0.05, 0.1) is 11.4 Å². The van der Waals surface area contributed by atoms with Crippen molar-refractivity contribution in [1.29, 1.82) is 0 Å². The van der Waals surface area contributed by atoms with E-state index in [0.717, 1.165) is 37.3 Å². The van der Waals surface area contributed by atoms with Crippen LogP contribution < -0.4 is 20.9 Å². The third-order valence-corrected chi connectivity index (χ3v) is 5.45. The number of rotatable bonds is 6. The van der Waals surface area contributed by atoms with Gasteiger partial charge in [-0.05, 0) is 44.2 Å². The fourth-order valence-electron chi connectivity index (χ4n) is 3.98. The molecule has 0 spiro atoms. The predicted octanol–water partition coefficient (Wildman–Crippen LogP) is 3.64. The number of nitrogens with one attached hydrogen (secondary N) is 3. The minimum absolute atomic E-state index is 0.0718. The van der Waals surface area contributed by atoms with E-state index in [1.54, 1.807) is 0 Å². The minimum Gasteiger partial charge on any atom is -0.370 e. The monoisotopic (exact) mass is 372 g/mol. The van der Waals surface area contributed by atoms with E-state index in [-0.39, 0.29) is 24.4 Å². The summed E-state index contributed by atoms with van der Waals surface area (Å²) in [6, 6.07) is 8.09. The van der Waals surface area contributed by atoms with E-state index in [0.29, 0.717) is 6.54 Å². The normalized spacial score (nSPS) is 18.0. The molecule has 27 heavy (non-hydrogen) atoms. The van der Waals surface area contributed by atoms with E-state index in [9.17, 15) is 9.59 Å². The van der Waals surface area contributed by atoms with E-state index in [1.165, 1.54) is 38.5 Å². The Kier molecular flexibility index (Phi) is 7.36. The third kappa shape index (κ3) is 6.15. The first-order valence-corrected chi connectivity index (χ1v) is 10.4. The topological polar surface area (TPSA) is 73.5 Å². The molecule has 1 aromatic carbocycles. The summed E-state index contributed by atoms with van der Waals surface area (Å²) in [5, 5.41) is 8.82. The highest BCUT2D eigenvalue weighted by Crippen LogP contribution is 2.28. The van der Waals surface area contributed by atoms with E-state index in [2.05, 4.69) is 26.9 Å². The number of anilines is 2. The SMILES string of the molecule is O=C(CCNC(=O)NC1CCCCC1)Nc1ccccc1N1CCCCC1. The molecule has 1 aromatic rings. The lowest BCUT2D eigenvalue weighted by atomic mass is 9.96. The summed E-state index contributed by atoms with van der Waals surface area (Å²) in [5.74, 6) is -0.0718. The van der Waals surface area contributed by atoms with Crippen molar-refractivity contribution in [3.8, 4) is 0 Å². The number of urea groups is 1. The predicted molar refractivity (Wildman–Crippen MR) is 109 cm³/mol. The molecular weight excluding hydrogens is 340 g/mol. The quantitative estimate of drug-likeness (QED) is 0.714. The molecule has 0 bridgehead atoms. The van der Waals surface area contributed by atoms with Crippen molar-refractivity contribution in [3.63, 3.8) is 0 Å². The molecule has 1 aliphatic carbocycles. The molecule has 3 N–H and O–H groups in total. The van der Waals surface area contributed by atoms with Crippen LogP contribution in [0.15, 0.2) is 24.3 Å². The molecule has 0 unspecified atom stereocenters. The standard InChI is InChI=1S/C21H32N4O2/c26-20(13-14-22-21(27)23-17-9-3-1-4-10-17)24-18-11-5-6-12-19(18)25-15-7-2-8-16-25/h5-6,11-12,17H,1-4,7-10,13-16H2,(H,24,26)(H2,22,23,27). The van der Waals surface area contributed by atoms with Crippen LogP contribution in [0.25, 0.3) is 0 Å². The van der Waals surface area contributed by atoms with Gasteiger partial charge >= 0.3 is 6.03 Å². The van der Waals surface area contributed by atoms with Crippen LogP contribution in [0.2, 0.25) is 0 Å². The highest BCUT2D eigenvalue weighted by atomic mass is 16.2. The lowest BCUT2D eigenvalue weighted by Crippen LogP contribution is -2.43. The molecule has 6 heteroatoms. The molecule has 6 nitrogen and oxygen atoms in total. The number of carbonyl (C=O) groups is 2. The third-order valence-electron chi connectivity index (χ3n) is 5.45. The molecular formula is C21H32N4O2. The van der Waals surface area contributed by atoms with Crippen LogP contribution in [0, 0.1) is 0 Å². The molecule has 0 aromatic heterocycles. The first kappa shape index (κ1) is 19.5. The second-order valence-corrected chi connectivity index (χ2v) is 7.60. The summed E-state index contributed by atoms with van der Waals surface area (Å²) in [7, 11) is 0. The molecule has 2 fully saturated rings. The van der Waals surface area contributed by atoms with Gasteiger partial charge in [0.1, 0.15) is 0 Å². The summed E-state index contributed by atoms with van der Waals surface area (Å²) >= 11 is 0. The molecule has 1 heterocycles. The Balaban J connectivity index is 1.42. The largest absolute Gasteiger partial charge is 0.370 e. The van der Waals surface area contributed by atoms with Gasteiger partial charge in [0.15, 0.2) is 0 Å². The van der Waals surface area contributed by atoms with Gasteiger partial charge in [0.2, 0.25) is 5.91 Å². The summed E-state index contributed by atoms with van der Waals surface area (Å²) in [6.07, 6.45) is 9.69. The molecule has 1 aliphatic heterocycles. The van der Waals surface area contributed by atoms with Crippen LogP contribution in [-0.2, 0) is 4.79 Å². The fraction of sp³-hybridized carbons (Fsp3) is 0.619. The molecule has 148 valence electrons. The number of nitrogens with zero attached hydrogens (tertiary/aromatic N) is 1. The van der Waals surface area contributed by atoms with Crippen LogP contribution in [-0.4, -0.2) is 37.6 Å². The first-order chi connectivity index (χ1) is 13.2. The van der Waals surface area contributed by atoms with Gasteiger partial charge in [0.25, 0.3) is 0 Å². The van der Waals surface area contributed by atoms with Gasteiger partial charge in [-0.3, -0.25) is 4.79 Å². The maximum absolute atomic E-state index is 12.3. The summed E-state index contributed by atoms with van der Waals surface area (Å²) in [6.45, 7) is 2.42. The van der Waals surface area contributed by atoms with Crippen LogP contribution in [0.5, 0.6) is 0 Å². The average Bonchev–Trinajstić information content (AvgIpc) is 2.70. The molecule has 0 radical (unpaired) electrons. The Morgan fingerprint density at radius 3 is 2.44 bits per heavy atom. The maximum atomic E-state index is 12.3. The van der Waals surface area contributed by atoms with E-state index >= 15 is 0 Å². The number of carbonyl (C=O) groups excluding carboxylic acids is 2. The number of benzene rings is 1. The molecule has 2 aliphatic rings. The van der Waals surface area contributed by atoms with Crippen molar-refractivity contribution in [1.82, 2.24) is 10.6 Å². The lowest BCUT2D eigenvalue weighted by Gasteiger charge is -2.30. The van der Waals surface area contributed by atoms with Gasteiger partial charge in [0, 0.05) is 32.1 Å². The van der Waals surface area contributed by atoms with E-state index < -0.39 is 0 Å². The van der Waals surface area contributed by atoms with Gasteiger partial charge in [-0.1, -0.05) is 31.4 Å². The molecule has 3 rings (SSSR count). The van der Waals surface area contributed by atoms with Gasteiger partial charge in [-0.2, -0.15) is 0 Å². The number of para-hydroxylation sites is 2. The van der Waals surface area contributed by atoms with Gasteiger partial charge in [-0.15, -0.1) is 0 Å². The van der Waals surface area contributed by atoms with Crippen molar-refractivity contribution >= 4 is 23.3 Å². The Hall–Kier alpha value is -2.24. The Morgan fingerprint density at radius 2 is 1.67 bits per heavy atom. The fourth-order valence-corrected chi connectivity index (χ4v) is 3.98. The summed E-state index contributed by atoms with van der Waals surface area (Å²) in [4.78, 5) is 26.6. The summed E-state index contributed by atoms with van der Waals surface area (Å²) in [5.41, 5.74) is 1.95. The Labute approximate surface area is 162 Å². The van der Waals surface area contributed by atoms with Crippen LogP contribution in [0.4, 0.5) is 16.2 Å². The molecule has 3 amide bonds. The molecule has 0 atom stereocenters. The Bertz CT molecular complexity index is 622. The highest BCUT2D eigenvalue weighted by Gasteiger charge is 2.17. The van der Waals surface area contributed by atoms with Gasteiger partial charge in [-0.25, -0.2) is 4.79 Å². The first-order valence-electron chi connectivity index (χ1n) is 10.4. The zero-order chi connectivity index (χ0) is 18.9. The number of piperidine rings is 1. The minimum atomic E-state index is -0.164. The Morgan fingerprint density at radius 1 is 0.963 bits per heavy atom. The summed E-state index contributed by atoms with van der Waals surface area (Å²) < 4.78 is 0. The second kappa shape index (κ2) is 10.2. The number of hydrogen-bond donors (Lipinski definition) is 3. The van der Waals surface area contributed by atoms with Crippen LogP contribution in [0.1, 0.15) is 57.8 Å². The van der Waals surface area contributed by atoms with Gasteiger partial charge < -0.3 is 20.9 Å². The average molecular weight is 373 g/mol. The number of amides is 3. The van der Waals surface area contributed by atoms with E-state index in [4.69, 9.17) is 0 Å². The van der Waals surface area contributed by atoms with Crippen LogP contribution in [0.3, 0.4) is 0 Å². The highest BCUT2D eigenvalue weighted by molar-refractivity contribution is 5.94. The van der Waals surface area contributed by atoms with E-state index in [1.807, 2.05) is 18.2 Å². The van der Waals surface area contributed by atoms with Crippen molar-refractivity contribution in [2.45, 2.75) is 63.8 Å². The zero-order valence-corrected chi connectivity index (χ0v) is 16.1. The zero-order valence-electron chi connectivity index (χ0n) is 16.1. The smallest absolute Gasteiger partial charge is 0.315 e. The molecule has 1 saturated carbocycles. The van der Waals surface area contributed by atoms with Crippen molar-refractivity contribution in [2.24, 2.45) is 0 Å². The molecule has 1 saturated heterocycles. The van der Waals surface area contributed by atoms with Crippen molar-refractivity contribution < 1.29 is 9.59 Å².